The summed E-state index contributed by atoms with van der Waals surface area (Å²) in [5, 5.41) is 20.1. The van der Waals surface area contributed by atoms with E-state index in [9.17, 15) is 24.4 Å². The first kappa shape index (κ1) is 17.5. The SMILES string of the molecule is CC1C(c2cn3cnc([S+](C)[O-])c3s2)=C(C(=O)O)N2C(=O)[C@H]([C@@H](C)O)[C@H]12. The molecular weight excluding hydrogens is 378 g/mol. The van der Waals surface area contributed by atoms with Gasteiger partial charge in [0.1, 0.15) is 18.3 Å². The number of aromatic nitrogens is 2. The fraction of sp³-hybridized carbons (Fsp3) is 0.438. The van der Waals surface area contributed by atoms with Gasteiger partial charge in [-0.1, -0.05) is 6.92 Å². The highest BCUT2D eigenvalue weighted by molar-refractivity contribution is 7.91. The number of imidazole rings is 1. The Morgan fingerprint density at radius 2 is 2.19 bits per heavy atom. The summed E-state index contributed by atoms with van der Waals surface area (Å²) in [5.74, 6) is -2.35. The first-order valence-corrected chi connectivity index (χ1v) is 10.4. The molecule has 0 bridgehead atoms. The van der Waals surface area contributed by atoms with Gasteiger partial charge in [-0.3, -0.25) is 9.20 Å². The number of carboxylic acid groups (broad SMARTS) is 1. The number of aliphatic carboxylic acids is 1. The molecule has 8 nitrogen and oxygen atoms in total. The van der Waals surface area contributed by atoms with Gasteiger partial charge in [0.25, 0.3) is 5.03 Å². The van der Waals surface area contributed by atoms with Crippen LogP contribution in [0, 0.1) is 11.8 Å². The number of aliphatic hydroxyl groups excluding tert-OH is 1. The molecule has 5 atom stereocenters. The maximum Gasteiger partial charge on any atom is 0.352 e. The number of hydrogen-bond acceptors (Lipinski definition) is 6. The van der Waals surface area contributed by atoms with Crippen molar-refractivity contribution in [2.24, 2.45) is 11.8 Å². The molecule has 2 aliphatic rings. The molecule has 138 valence electrons. The van der Waals surface area contributed by atoms with E-state index >= 15 is 0 Å². The monoisotopic (exact) mass is 395 g/mol. The van der Waals surface area contributed by atoms with Gasteiger partial charge in [-0.25, -0.2) is 4.79 Å². The van der Waals surface area contributed by atoms with Crippen molar-refractivity contribution in [1.29, 1.82) is 0 Å². The van der Waals surface area contributed by atoms with Crippen molar-refractivity contribution in [3.8, 4) is 0 Å². The van der Waals surface area contributed by atoms with Gasteiger partial charge in [0.05, 0.1) is 22.9 Å². The van der Waals surface area contributed by atoms with Crippen LogP contribution in [0.3, 0.4) is 0 Å². The van der Waals surface area contributed by atoms with Crippen LogP contribution < -0.4 is 0 Å². The standard InChI is InChI=1S/C16H17N3O5S2/c1-6-9(8-4-18-5-17-13(26(3)24)15(18)25-8)12(16(22)23)19-11(6)10(7(2)20)14(19)21/h4-7,10-11,20H,1-3H3,(H,22,23)/t6?,7-,10-,11+,26?/m1/s1. The molecule has 1 amide bonds. The molecule has 2 unspecified atom stereocenters. The fourth-order valence-electron chi connectivity index (χ4n) is 3.99. The summed E-state index contributed by atoms with van der Waals surface area (Å²) in [4.78, 5) is 31.1. The summed E-state index contributed by atoms with van der Waals surface area (Å²) in [7, 11) is 0. The number of rotatable bonds is 4. The number of fused-ring (bicyclic) bond motifs is 2. The van der Waals surface area contributed by atoms with Crippen LogP contribution in [0.1, 0.15) is 18.7 Å². The van der Waals surface area contributed by atoms with E-state index in [4.69, 9.17) is 0 Å². The third kappa shape index (κ3) is 2.19. The summed E-state index contributed by atoms with van der Waals surface area (Å²) >= 11 is 0.0519. The van der Waals surface area contributed by atoms with Gasteiger partial charge in [-0.15, -0.1) is 11.3 Å². The highest BCUT2D eigenvalue weighted by Gasteiger charge is 2.60. The number of aliphatic hydroxyl groups is 1. The Labute approximate surface area is 155 Å². The first-order valence-electron chi connectivity index (χ1n) is 8.03. The van der Waals surface area contributed by atoms with E-state index < -0.39 is 29.2 Å². The topological polar surface area (TPSA) is 118 Å². The average Bonchev–Trinajstić information content (AvgIpc) is 3.16. The molecule has 4 rings (SSSR count). The molecular formula is C16H17N3O5S2. The number of amides is 1. The number of hydrogen-bond donors (Lipinski definition) is 2. The molecule has 2 aromatic heterocycles. The Morgan fingerprint density at radius 1 is 1.50 bits per heavy atom. The molecule has 1 fully saturated rings. The number of β-lactam (4-membered cyclic amide) rings is 1. The van der Waals surface area contributed by atoms with Crippen molar-refractivity contribution in [1.82, 2.24) is 14.3 Å². The van der Waals surface area contributed by atoms with Crippen LogP contribution in [0.15, 0.2) is 23.2 Å². The van der Waals surface area contributed by atoms with Gasteiger partial charge in [-0.05, 0) is 6.92 Å². The van der Waals surface area contributed by atoms with E-state index in [0.717, 1.165) is 0 Å². The van der Waals surface area contributed by atoms with Crippen molar-refractivity contribution in [3.05, 3.63) is 23.1 Å². The summed E-state index contributed by atoms with van der Waals surface area (Å²) in [6, 6.07) is -0.358. The normalized spacial score (nSPS) is 27.7. The van der Waals surface area contributed by atoms with Crippen molar-refractivity contribution >= 4 is 44.8 Å². The lowest BCUT2D eigenvalue weighted by Gasteiger charge is -2.46. The fourth-order valence-corrected chi connectivity index (χ4v) is 6.13. The maximum atomic E-state index is 12.4. The second kappa shape index (κ2) is 5.81. The minimum absolute atomic E-state index is 0.0268. The average molecular weight is 395 g/mol. The van der Waals surface area contributed by atoms with Gasteiger partial charge in [0, 0.05) is 28.9 Å². The molecule has 0 spiro atoms. The first-order chi connectivity index (χ1) is 12.2. The van der Waals surface area contributed by atoms with Crippen LogP contribution in [-0.4, -0.2) is 59.3 Å². The van der Waals surface area contributed by atoms with Crippen LogP contribution >= 0.6 is 11.3 Å². The highest BCUT2D eigenvalue weighted by atomic mass is 32.2. The summed E-state index contributed by atoms with van der Waals surface area (Å²) in [6.07, 6.45) is 4.01. The third-order valence-corrected chi connectivity index (χ3v) is 7.21. The number of nitrogens with zero attached hydrogens (tertiary/aromatic N) is 3. The zero-order valence-electron chi connectivity index (χ0n) is 14.2. The smallest absolute Gasteiger partial charge is 0.352 e. The maximum absolute atomic E-state index is 12.4. The highest BCUT2D eigenvalue weighted by Crippen LogP contribution is 2.51. The summed E-state index contributed by atoms with van der Waals surface area (Å²) < 4.78 is 13.5. The lowest BCUT2D eigenvalue weighted by molar-refractivity contribution is -0.163. The number of carbonyl (C=O) groups is 2. The van der Waals surface area contributed by atoms with E-state index in [0.29, 0.717) is 20.3 Å². The van der Waals surface area contributed by atoms with Crippen molar-refractivity contribution in [2.75, 3.05) is 6.26 Å². The van der Waals surface area contributed by atoms with E-state index in [-0.39, 0.29) is 23.6 Å². The predicted octanol–water partition coefficient (Wildman–Crippen LogP) is 0.786. The largest absolute Gasteiger partial charge is 0.610 e. The molecule has 2 aromatic rings. The van der Waals surface area contributed by atoms with E-state index in [1.54, 1.807) is 30.1 Å². The lowest BCUT2D eigenvalue weighted by atomic mass is 9.77. The Morgan fingerprint density at radius 3 is 2.77 bits per heavy atom. The zero-order chi connectivity index (χ0) is 18.9. The molecule has 2 N–H and O–H groups in total. The Balaban J connectivity index is 1.85. The molecule has 26 heavy (non-hydrogen) atoms. The van der Waals surface area contributed by atoms with Crippen molar-refractivity contribution in [2.45, 2.75) is 31.0 Å². The van der Waals surface area contributed by atoms with Gasteiger partial charge in [0.2, 0.25) is 5.91 Å². The molecule has 1 saturated heterocycles. The van der Waals surface area contributed by atoms with E-state index in [2.05, 4.69) is 4.98 Å². The van der Waals surface area contributed by atoms with Gasteiger partial charge < -0.3 is 19.7 Å². The molecule has 0 aromatic carbocycles. The van der Waals surface area contributed by atoms with Crippen LogP contribution in [-0.2, 0) is 20.8 Å². The van der Waals surface area contributed by atoms with Crippen LogP contribution in [0.4, 0.5) is 0 Å². The zero-order valence-corrected chi connectivity index (χ0v) is 15.9. The Bertz CT molecular complexity index is 960. The predicted molar refractivity (Wildman–Crippen MR) is 94.9 cm³/mol. The van der Waals surface area contributed by atoms with Crippen LogP contribution in [0.25, 0.3) is 10.4 Å². The number of carboxylic acids is 1. The Hall–Kier alpha value is -1.88. The number of carbonyl (C=O) groups excluding carboxylic acids is 1. The van der Waals surface area contributed by atoms with Crippen molar-refractivity contribution < 1.29 is 24.4 Å². The minimum Gasteiger partial charge on any atom is -0.610 e. The van der Waals surface area contributed by atoms with Crippen LogP contribution in [0.2, 0.25) is 0 Å². The van der Waals surface area contributed by atoms with E-state index in [1.807, 2.05) is 6.92 Å². The second-order valence-corrected chi connectivity index (χ2v) is 8.96. The minimum atomic E-state index is -1.26. The van der Waals surface area contributed by atoms with Gasteiger partial charge in [0.15, 0.2) is 4.83 Å². The number of thiazole rings is 1. The molecule has 2 aliphatic heterocycles. The lowest BCUT2D eigenvalue weighted by Crippen LogP contribution is -2.63. The quantitative estimate of drug-likeness (QED) is 0.584. The van der Waals surface area contributed by atoms with Gasteiger partial charge in [-0.2, -0.15) is 4.98 Å². The second-order valence-electron chi connectivity index (χ2n) is 6.63. The Kier molecular flexibility index (Phi) is 3.92. The van der Waals surface area contributed by atoms with Crippen molar-refractivity contribution in [3.63, 3.8) is 0 Å². The molecule has 0 saturated carbocycles. The molecule has 0 radical (unpaired) electrons. The van der Waals surface area contributed by atoms with E-state index in [1.165, 1.54) is 16.2 Å². The molecule has 10 heteroatoms. The van der Waals surface area contributed by atoms with Gasteiger partial charge >= 0.3 is 5.97 Å². The van der Waals surface area contributed by atoms with Crippen LogP contribution in [0.5, 0.6) is 0 Å². The molecule has 4 heterocycles. The molecule has 0 aliphatic carbocycles. The summed E-state index contributed by atoms with van der Waals surface area (Å²) in [5.41, 5.74) is 0.543. The summed E-state index contributed by atoms with van der Waals surface area (Å²) in [6.45, 7) is 3.42. The third-order valence-electron chi connectivity index (χ3n) is 5.09.